The summed E-state index contributed by atoms with van der Waals surface area (Å²) in [5.41, 5.74) is -0.569. The van der Waals surface area contributed by atoms with Crippen LogP contribution in [0.15, 0.2) is 30.5 Å². The second-order valence-electron chi connectivity index (χ2n) is 4.09. The topological polar surface area (TPSA) is 103 Å². The zero-order chi connectivity index (χ0) is 15.6. The lowest BCUT2D eigenvalue weighted by Gasteiger charge is -2.08. The molecule has 0 fully saturated rings. The SMILES string of the molecule is Cc1cnc(Oc2cccc(F)c2C(=O)O)cc1[N+](=O)[O-]. The molecule has 0 bridgehead atoms. The van der Waals surface area contributed by atoms with Crippen molar-refractivity contribution in [2.75, 3.05) is 0 Å². The van der Waals surface area contributed by atoms with E-state index in [1.54, 1.807) is 0 Å². The normalized spacial score (nSPS) is 10.2. The summed E-state index contributed by atoms with van der Waals surface area (Å²) >= 11 is 0. The van der Waals surface area contributed by atoms with Gasteiger partial charge in [-0.1, -0.05) is 6.07 Å². The summed E-state index contributed by atoms with van der Waals surface area (Å²) in [5.74, 6) is -2.96. The first-order valence-corrected chi connectivity index (χ1v) is 5.71. The first-order chi connectivity index (χ1) is 9.90. The van der Waals surface area contributed by atoms with Crippen LogP contribution < -0.4 is 4.74 Å². The van der Waals surface area contributed by atoms with Crippen molar-refractivity contribution in [2.24, 2.45) is 0 Å². The summed E-state index contributed by atoms with van der Waals surface area (Å²) in [6.45, 7) is 1.50. The van der Waals surface area contributed by atoms with Gasteiger partial charge in [0.15, 0.2) is 0 Å². The highest BCUT2D eigenvalue weighted by molar-refractivity contribution is 5.91. The molecule has 0 aliphatic carbocycles. The third-order valence-corrected chi connectivity index (χ3v) is 2.65. The molecule has 0 radical (unpaired) electrons. The maximum Gasteiger partial charge on any atom is 0.342 e. The molecule has 2 aromatic rings. The summed E-state index contributed by atoms with van der Waals surface area (Å²) in [5, 5.41) is 19.8. The van der Waals surface area contributed by atoms with Gasteiger partial charge in [0.25, 0.3) is 5.69 Å². The Labute approximate surface area is 117 Å². The van der Waals surface area contributed by atoms with Crippen molar-refractivity contribution in [2.45, 2.75) is 6.92 Å². The van der Waals surface area contributed by atoms with Crippen LogP contribution in [0, 0.1) is 22.9 Å². The van der Waals surface area contributed by atoms with Crippen molar-refractivity contribution in [3.63, 3.8) is 0 Å². The van der Waals surface area contributed by atoms with Crippen LogP contribution in [-0.2, 0) is 0 Å². The molecule has 1 aromatic carbocycles. The number of pyridine rings is 1. The van der Waals surface area contributed by atoms with Crippen LogP contribution >= 0.6 is 0 Å². The third-order valence-electron chi connectivity index (χ3n) is 2.65. The summed E-state index contributed by atoms with van der Waals surface area (Å²) in [4.78, 5) is 25.0. The molecule has 0 aliphatic heterocycles. The lowest BCUT2D eigenvalue weighted by molar-refractivity contribution is -0.385. The quantitative estimate of drug-likeness (QED) is 0.686. The van der Waals surface area contributed by atoms with Gasteiger partial charge in [-0.2, -0.15) is 0 Å². The van der Waals surface area contributed by atoms with Gasteiger partial charge >= 0.3 is 5.97 Å². The Hall–Kier alpha value is -3.03. The van der Waals surface area contributed by atoms with E-state index < -0.39 is 22.3 Å². The molecule has 0 amide bonds. The number of benzene rings is 1. The lowest BCUT2D eigenvalue weighted by Crippen LogP contribution is -2.04. The van der Waals surface area contributed by atoms with Crippen LogP contribution in [0.5, 0.6) is 11.6 Å². The number of carbonyl (C=O) groups is 1. The van der Waals surface area contributed by atoms with Gasteiger partial charge in [0.05, 0.1) is 11.0 Å². The van der Waals surface area contributed by atoms with E-state index in [1.807, 2.05) is 0 Å². The second kappa shape index (κ2) is 5.53. The van der Waals surface area contributed by atoms with Crippen LogP contribution in [0.4, 0.5) is 10.1 Å². The van der Waals surface area contributed by atoms with Crippen molar-refractivity contribution in [1.82, 2.24) is 4.98 Å². The van der Waals surface area contributed by atoms with E-state index in [4.69, 9.17) is 9.84 Å². The van der Waals surface area contributed by atoms with Crippen molar-refractivity contribution >= 4 is 11.7 Å². The minimum atomic E-state index is -1.51. The highest BCUT2D eigenvalue weighted by atomic mass is 19.1. The van der Waals surface area contributed by atoms with E-state index >= 15 is 0 Å². The number of hydrogen-bond acceptors (Lipinski definition) is 5. The predicted octanol–water partition coefficient (Wildman–Crippen LogP) is 2.93. The molecule has 108 valence electrons. The number of rotatable bonds is 4. The van der Waals surface area contributed by atoms with Gasteiger partial charge in [-0.05, 0) is 19.1 Å². The molecule has 0 saturated carbocycles. The van der Waals surface area contributed by atoms with Crippen LogP contribution in [0.2, 0.25) is 0 Å². The number of nitrogens with zero attached hydrogens (tertiary/aromatic N) is 2. The van der Waals surface area contributed by atoms with Crippen LogP contribution in [-0.4, -0.2) is 21.0 Å². The molecule has 0 spiro atoms. The van der Waals surface area contributed by atoms with Gasteiger partial charge in [0.2, 0.25) is 5.88 Å². The smallest absolute Gasteiger partial charge is 0.342 e. The number of ether oxygens (including phenoxy) is 1. The highest BCUT2D eigenvalue weighted by Gasteiger charge is 2.19. The molecule has 1 heterocycles. The van der Waals surface area contributed by atoms with Gasteiger partial charge in [-0.3, -0.25) is 10.1 Å². The average Bonchev–Trinajstić information content (AvgIpc) is 2.40. The number of hydrogen-bond donors (Lipinski definition) is 1. The third kappa shape index (κ3) is 2.94. The highest BCUT2D eigenvalue weighted by Crippen LogP contribution is 2.29. The summed E-state index contributed by atoms with van der Waals surface area (Å²) in [7, 11) is 0. The van der Waals surface area contributed by atoms with E-state index in [2.05, 4.69) is 4.98 Å². The van der Waals surface area contributed by atoms with E-state index in [1.165, 1.54) is 25.3 Å². The Morgan fingerprint density at radius 2 is 2.19 bits per heavy atom. The van der Waals surface area contributed by atoms with Crippen molar-refractivity contribution in [1.29, 1.82) is 0 Å². The molecule has 0 saturated heterocycles. The number of aromatic nitrogens is 1. The number of aromatic carboxylic acids is 1. The molecule has 1 aromatic heterocycles. The minimum Gasteiger partial charge on any atom is -0.477 e. The number of halogens is 1. The number of carboxylic acids is 1. The maximum absolute atomic E-state index is 13.5. The predicted molar refractivity (Wildman–Crippen MR) is 69.1 cm³/mol. The van der Waals surface area contributed by atoms with Gasteiger partial charge in [0.1, 0.15) is 17.1 Å². The molecule has 8 heteroatoms. The molecule has 1 N–H and O–H groups in total. The number of nitro groups is 1. The largest absolute Gasteiger partial charge is 0.477 e. The summed E-state index contributed by atoms with van der Waals surface area (Å²) in [6, 6.07) is 4.52. The number of aryl methyl sites for hydroxylation is 1. The van der Waals surface area contributed by atoms with Gasteiger partial charge in [-0.25, -0.2) is 14.2 Å². The maximum atomic E-state index is 13.5. The fourth-order valence-corrected chi connectivity index (χ4v) is 1.66. The van der Waals surface area contributed by atoms with E-state index in [9.17, 15) is 19.3 Å². The second-order valence-corrected chi connectivity index (χ2v) is 4.09. The Balaban J connectivity index is 2.44. The van der Waals surface area contributed by atoms with E-state index in [0.717, 1.165) is 12.1 Å². The Bertz CT molecular complexity index is 732. The Morgan fingerprint density at radius 3 is 2.81 bits per heavy atom. The van der Waals surface area contributed by atoms with Gasteiger partial charge < -0.3 is 9.84 Å². The first kappa shape index (κ1) is 14.4. The van der Waals surface area contributed by atoms with Gasteiger partial charge in [-0.15, -0.1) is 0 Å². The molecular weight excluding hydrogens is 283 g/mol. The number of carboxylic acid groups (broad SMARTS) is 1. The van der Waals surface area contributed by atoms with Crippen molar-refractivity contribution in [3.05, 3.63) is 57.5 Å². The molecular formula is C13H9FN2O5. The van der Waals surface area contributed by atoms with Crippen LogP contribution in [0.25, 0.3) is 0 Å². The zero-order valence-corrected chi connectivity index (χ0v) is 10.7. The van der Waals surface area contributed by atoms with Crippen molar-refractivity contribution < 1.29 is 24.0 Å². The fourth-order valence-electron chi connectivity index (χ4n) is 1.66. The molecule has 0 atom stereocenters. The summed E-state index contributed by atoms with van der Waals surface area (Å²) in [6.07, 6.45) is 1.22. The fraction of sp³-hybridized carbons (Fsp3) is 0.0769. The van der Waals surface area contributed by atoms with Crippen molar-refractivity contribution in [3.8, 4) is 11.6 Å². The lowest BCUT2D eigenvalue weighted by atomic mass is 10.2. The molecule has 21 heavy (non-hydrogen) atoms. The monoisotopic (exact) mass is 292 g/mol. The van der Waals surface area contributed by atoms with E-state index in [0.29, 0.717) is 5.56 Å². The molecule has 7 nitrogen and oxygen atoms in total. The minimum absolute atomic E-state index is 0.194. The van der Waals surface area contributed by atoms with E-state index in [-0.39, 0.29) is 17.3 Å². The Kier molecular flexibility index (Phi) is 3.79. The summed E-state index contributed by atoms with van der Waals surface area (Å²) < 4.78 is 18.6. The average molecular weight is 292 g/mol. The first-order valence-electron chi connectivity index (χ1n) is 5.71. The molecule has 2 rings (SSSR count). The zero-order valence-electron chi connectivity index (χ0n) is 10.7. The van der Waals surface area contributed by atoms with Gasteiger partial charge in [0, 0.05) is 11.8 Å². The molecule has 0 aliphatic rings. The standard InChI is InChI=1S/C13H9FN2O5/c1-7-6-15-11(5-9(7)16(19)20)21-10-4-2-3-8(14)12(10)13(17)18/h2-6H,1H3,(H,17,18). The van der Waals surface area contributed by atoms with Crippen LogP contribution in [0.1, 0.15) is 15.9 Å². The van der Waals surface area contributed by atoms with Crippen LogP contribution in [0.3, 0.4) is 0 Å². The Morgan fingerprint density at radius 1 is 1.48 bits per heavy atom. The molecule has 0 unspecified atom stereocenters.